The average molecular weight is 440 g/mol. The van der Waals surface area contributed by atoms with E-state index in [2.05, 4.69) is 19.2 Å². The van der Waals surface area contributed by atoms with Gasteiger partial charge < -0.3 is 19.5 Å². The van der Waals surface area contributed by atoms with E-state index in [4.69, 9.17) is 14.2 Å². The Bertz CT molecular complexity index is 997. The number of methoxy groups -OCH3 is 2. The van der Waals surface area contributed by atoms with E-state index in [9.17, 15) is 9.59 Å². The molecule has 0 spiro atoms. The molecule has 1 aliphatic heterocycles. The highest BCUT2D eigenvalue weighted by atomic mass is 16.5. The van der Waals surface area contributed by atoms with Crippen molar-refractivity contribution in [3.05, 3.63) is 46.3 Å². The smallest absolute Gasteiger partial charge is 0.337 e. The van der Waals surface area contributed by atoms with Gasteiger partial charge in [-0.1, -0.05) is 19.9 Å². The van der Waals surface area contributed by atoms with Crippen molar-refractivity contribution < 1.29 is 23.8 Å². The summed E-state index contributed by atoms with van der Waals surface area (Å²) in [6.45, 7) is 6.09. The van der Waals surface area contributed by atoms with Gasteiger partial charge in [-0.3, -0.25) is 4.79 Å². The van der Waals surface area contributed by atoms with Gasteiger partial charge in [-0.2, -0.15) is 0 Å². The Morgan fingerprint density at radius 2 is 1.81 bits per heavy atom. The second kappa shape index (κ2) is 8.64. The van der Waals surface area contributed by atoms with E-state index in [1.807, 2.05) is 19.1 Å². The van der Waals surface area contributed by atoms with E-state index in [1.54, 1.807) is 20.3 Å². The molecule has 4 rings (SSSR count). The number of allylic oxidation sites excluding steroid dienone is 3. The molecule has 172 valence electrons. The SMILES string of the molecule is COc1ccc([C@H]2C(C(=O)OC3CCCC3)=C(C)NC3=C2C(=O)CC(C)(C)C3)c(OC)c1. The second-order valence-corrected chi connectivity index (χ2v) is 9.85. The Morgan fingerprint density at radius 3 is 2.47 bits per heavy atom. The van der Waals surface area contributed by atoms with Crippen LogP contribution >= 0.6 is 0 Å². The van der Waals surface area contributed by atoms with E-state index >= 15 is 0 Å². The lowest BCUT2D eigenvalue weighted by Gasteiger charge is -2.39. The molecule has 1 N–H and O–H groups in total. The van der Waals surface area contributed by atoms with Crippen molar-refractivity contribution in [3.63, 3.8) is 0 Å². The highest BCUT2D eigenvalue weighted by Crippen LogP contribution is 2.49. The molecule has 1 atom stereocenters. The third kappa shape index (κ3) is 4.15. The molecule has 6 heteroatoms. The number of hydrogen-bond acceptors (Lipinski definition) is 6. The van der Waals surface area contributed by atoms with Crippen molar-refractivity contribution >= 4 is 11.8 Å². The number of hydrogen-bond donors (Lipinski definition) is 1. The van der Waals surface area contributed by atoms with Crippen LogP contribution in [0.1, 0.15) is 70.8 Å². The van der Waals surface area contributed by atoms with Gasteiger partial charge in [0.2, 0.25) is 0 Å². The number of carbonyl (C=O) groups is 2. The number of benzene rings is 1. The van der Waals surface area contributed by atoms with Crippen LogP contribution in [0.2, 0.25) is 0 Å². The van der Waals surface area contributed by atoms with Crippen LogP contribution in [0.4, 0.5) is 0 Å². The molecule has 0 unspecified atom stereocenters. The molecule has 1 aromatic rings. The Kier molecular flexibility index (Phi) is 6.06. The Balaban J connectivity index is 1.84. The van der Waals surface area contributed by atoms with Gasteiger partial charge in [-0.15, -0.1) is 0 Å². The Labute approximate surface area is 190 Å². The van der Waals surface area contributed by atoms with Gasteiger partial charge in [0.25, 0.3) is 0 Å². The summed E-state index contributed by atoms with van der Waals surface area (Å²) in [4.78, 5) is 26.9. The third-order valence-corrected chi connectivity index (χ3v) is 6.79. The van der Waals surface area contributed by atoms with Gasteiger partial charge in [0.15, 0.2) is 5.78 Å². The van der Waals surface area contributed by atoms with Crippen LogP contribution in [0.15, 0.2) is 40.7 Å². The maximum Gasteiger partial charge on any atom is 0.337 e. The topological polar surface area (TPSA) is 73.9 Å². The maximum atomic E-state index is 13.5. The van der Waals surface area contributed by atoms with Crippen LogP contribution in [0, 0.1) is 5.41 Å². The zero-order valence-corrected chi connectivity index (χ0v) is 19.7. The fraction of sp³-hybridized carbons (Fsp3) is 0.538. The minimum Gasteiger partial charge on any atom is -0.497 e. The highest BCUT2D eigenvalue weighted by Gasteiger charge is 2.44. The van der Waals surface area contributed by atoms with Gasteiger partial charge >= 0.3 is 5.97 Å². The molecular weight excluding hydrogens is 406 g/mol. The molecule has 1 aromatic carbocycles. The molecule has 0 aromatic heterocycles. The van der Waals surface area contributed by atoms with Crippen LogP contribution in [0.25, 0.3) is 0 Å². The summed E-state index contributed by atoms with van der Waals surface area (Å²) >= 11 is 0. The first-order valence-electron chi connectivity index (χ1n) is 11.4. The number of esters is 1. The molecule has 1 saturated carbocycles. The molecular formula is C26H33NO5. The van der Waals surface area contributed by atoms with Gasteiger partial charge in [-0.25, -0.2) is 4.79 Å². The number of carbonyl (C=O) groups excluding carboxylic acids is 2. The van der Waals surface area contributed by atoms with Gasteiger partial charge in [0, 0.05) is 35.0 Å². The molecule has 3 aliphatic rings. The molecule has 0 radical (unpaired) electrons. The Hall–Kier alpha value is -2.76. The molecule has 1 heterocycles. The normalized spacial score (nSPS) is 23.0. The van der Waals surface area contributed by atoms with E-state index in [1.165, 1.54) is 0 Å². The number of dihydropyridines is 1. The van der Waals surface area contributed by atoms with Crippen molar-refractivity contribution in [2.24, 2.45) is 5.41 Å². The zero-order chi connectivity index (χ0) is 23.0. The standard InChI is InChI=1S/C26H33NO5/c1-15-22(25(29)32-16-8-6-7-9-16)23(18-11-10-17(30-4)12-21(18)31-5)24-19(27-15)13-26(2,3)14-20(24)28/h10-12,16,23,27H,6-9,13-14H2,1-5H3/t23-/m0/s1. The number of rotatable bonds is 5. The largest absolute Gasteiger partial charge is 0.497 e. The fourth-order valence-corrected chi connectivity index (χ4v) is 5.30. The average Bonchev–Trinajstić information content (AvgIpc) is 3.24. The van der Waals surface area contributed by atoms with Crippen LogP contribution < -0.4 is 14.8 Å². The number of ether oxygens (including phenoxy) is 3. The molecule has 0 bridgehead atoms. The predicted octanol–water partition coefficient (Wildman–Crippen LogP) is 4.79. The summed E-state index contributed by atoms with van der Waals surface area (Å²) in [5, 5.41) is 3.39. The lowest BCUT2D eigenvalue weighted by Crippen LogP contribution is -2.39. The van der Waals surface area contributed by atoms with Crippen LogP contribution in [0.5, 0.6) is 11.5 Å². The first-order valence-corrected chi connectivity index (χ1v) is 11.4. The third-order valence-electron chi connectivity index (χ3n) is 6.79. The molecule has 0 amide bonds. The second-order valence-electron chi connectivity index (χ2n) is 9.85. The van der Waals surface area contributed by atoms with E-state index in [-0.39, 0.29) is 23.3 Å². The van der Waals surface area contributed by atoms with Gasteiger partial charge in [0.05, 0.1) is 25.7 Å². The first-order chi connectivity index (χ1) is 15.2. The van der Waals surface area contributed by atoms with Crippen molar-refractivity contribution in [1.29, 1.82) is 0 Å². The molecule has 0 saturated heterocycles. The summed E-state index contributed by atoms with van der Waals surface area (Å²) < 4.78 is 17.0. The van der Waals surface area contributed by atoms with Crippen molar-refractivity contribution in [3.8, 4) is 11.5 Å². The molecule has 2 aliphatic carbocycles. The van der Waals surface area contributed by atoms with Crippen LogP contribution in [0.3, 0.4) is 0 Å². The summed E-state index contributed by atoms with van der Waals surface area (Å²) in [6, 6.07) is 5.53. The van der Waals surface area contributed by atoms with Gasteiger partial charge in [0.1, 0.15) is 17.6 Å². The summed E-state index contributed by atoms with van der Waals surface area (Å²) in [7, 11) is 3.19. The van der Waals surface area contributed by atoms with E-state index < -0.39 is 5.92 Å². The van der Waals surface area contributed by atoms with Crippen molar-refractivity contribution in [1.82, 2.24) is 5.32 Å². The number of Topliss-reactive ketones (excluding diaryl/α,β-unsaturated/α-hetero) is 1. The minimum absolute atomic E-state index is 0.0578. The molecule has 32 heavy (non-hydrogen) atoms. The van der Waals surface area contributed by atoms with Crippen molar-refractivity contribution in [2.75, 3.05) is 14.2 Å². The van der Waals surface area contributed by atoms with Crippen LogP contribution in [-0.2, 0) is 14.3 Å². The molecule has 1 fully saturated rings. The fourth-order valence-electron chi connectivity index (χ4n) is 5.30. The quantitative estimate of drug-likeness (QED) is 0.665. The monoisotopic (exact) mass is 439 g/mol. The summed E-state index contributed by atoms with van der Waals surface area (Å²) in [5.74, 6) is 0.407. The van der Waals surface area contributed by atoms with E-state index in [0.29, 0.717) is 29.1 Å². The number of ketones is 1. The lowest BCUT2D eigenvalue weighted by molar-refractivity contribution is -0.144. The van der Waals surface area contributed by atoms with Crippen molar-refractivity contribution in [2.45, 2.75) is 71.3 Å². The Morgan fingerprint density at radius 1 is 1.09 bits per heavy atom. The highest BCUT2D eigenvalue weighted by molar-refractivity contribution is 6.04. The minimum atomic E-state index is -0.537. The van der Waals surface area contributed by atoms with Crippen LogP contribution in [-0.4, -0.2) is 32.1 Å². The molecule has 6 nitrogen and oxygen atoms in total. The first kappa shape index (κ1) is 22.4. The summed E-state index contributed by atoms with van der Waals surface area (Å²) in [5.41, 5.74) is 3.40. The number of nitrogens with one attached hydrogen (secondary N) is 1. The zero-order valence-electron chi connectivity index (χ0n) is 19.7. The summed E-state index contributed by atoms with van der Waals surface area (Å²) in [6.07, 6.45) is 5.06. The maximum absolute atomic E-state index is 13.5. The van der Waals surface area contributed by atoms with Gasteiger partial charge in [-0.05, 0) is 50.5 Å². The van der Waals surface area contributed by atoms with E-state index in [0.717, 1.165) is 49.1 Å². The predicted molar refractivity (Wildman–Crippen MR) is 122 cm³/mol. The lowest BCUT2D eigenvalue weighted by atomic mass is 9.68.